The fourth-order valence-corrected chi connectivity index (χ4v) is 5.14. The van der Waals surface area contributed by atoms with Gasteiger partial charge >= 0.3 is 5.97 Å². The molecule has 0 aromatic heterocycles. The summed E-state index contributed by atoms with van der Waals surface area (Å²) in [4.78, 5) is 43.7. The van der Waals surface area contributed by atoms with E-state index in [-0.39, 0.29) is 30.3 Å². The zero-order chi connectivity index (χ0) is 22.9. The highest BCUT2D eigenvalue weighted by atomic mass is 32.2. The number of likely N-dealkylation sites (tertiary alicyclic amines) is 1. The van der Waals surface area contributed by atoms with Gasteiger partial charge in [-0.05, 0) is 37.1 Å². The zero-order valence-corrected chi connectivity index (χ0v) is 19.5. The highest BCUT2D eigenvalue weighted by molar-refractivity contribution is 7.99. The van der Waals surface area contributed by atoms with E-state index < -0.39 is 5.41 Å². The lowest BCUT2D eigenvalue weighted by atomic mass is 9.91. The van der Waals surface area contributed by atoms with Crippen molar-refractivity contribution in [3.05, 3.63) is 48.5 Å². The molecule has 0 bridgehead atoms. The van der Waals surface area contributed by atoms with Crippen molar-refractivity contribution in [3.63, 3.8) is 0 Å². The molecule has 168 valence electrons. The topological polar surface area (TPSA) is 66.9 Å². The predicted molar refractivity (Wildman–Crippen MR) is 124 cm³/mol. The number of ether oxygens (including phenoxy) is 1. The van der Waals surface area contributed by atoms with Crippen LogP contribution in [0, 0.1) is 11.3 Å². The van der Waals surface area contributed by atoms with Crippen LogP contribution in [0.4, 0.5) is 11.4 Å². The molecule has 2 aliphatic heterocycles. The Kier molecular flexibility index (Phi) is 6.29. The van der Waals surface area contributed by atoms with Crippen molar-refractivity contribution < 1.29 is 19.1 Å². The monoisotopic (exact) mass is 452 g/mol. The Labute approximate surface area is 192 Å². The van der Waals surface area contributed by atoms with Gasteiger partial charge in [0, 0.05) is 28.3 Å². The first kappa shape index (κ1) is 22.4. The number of fused-ring (bicyclic) bond motifs is 2. The van der Waals surface area contributed by atoms with Gasteiger partial charge in [-0.3, -0.25) is 19.3 Å². The number of amides is 2. The van der Waals surface area contributed by atoms with Crippen LogP contribution in [0.2, 0.25) is 0 Å². The SMILES string of the molecule is CC(C)(C)C(=O)N1CCC(C(=O)OCC(=O)N2c3ccccc3Sc3ccccc32)CC1. The lowest BCUT2D eigenvalue weighted by Gasteiger charge is -2.35. The third-order valence-electron chi connectivity index (χ3n) is 5.78. The van der Waals surface area contributed by atoms with Gasteiger partial charge < -0.3 is 9.64 Å². The minimum atomic E-state index is -0.431. The van der Waals surface area contributed by atoms with Gasteiger partial charge in [0.25, 0.3) is 5.91 Å². The van der Waals surface area contributed by atoms with Crippen molar-refractivity contribution in [3.8, 4) is 0 Å². The van der Waals surface area contributed by atoms with Crippen molar-refractivity contribution in [2.24, 2.45) is 11.3 Å². The second kappa shape index (κ2) is 8.98. The van der Waals surface area contributed by atoms with Gasteiger partial charge in [0.1, 0.15) is 0 Å². The average Bonchev–Trinajstić information content (AvgIpc) is 2.79. The van der Waals surface area contributed by atoms with Crippen LogP contribution in [0.25, 0.3) is 0 Å². The number of hydrogen-bond donors (Lipinski definition) is 0. The number of carbonyl (C=O) groups is 3. The van der Waals surface area contributed by atoms with Crippen molar-refractivity contribution in [2.45, 2.75) is 43.4 Å². The van der Waals surface area contributed by atoms with Gasteiger partial charge in [-0.2, -0.15) is 0 Å². The van der Waals surface area contributed by atoms with Gasteiger partial charge in [0.2, 0.25) is 5.91 Å². The smallest absolute Gasteiger partial charge is 0.309 e. The van der Waals surface area contributed by atoms with Crippen LogP contribution in [0.15, 0.2) is 58.3 Å². The molecule has 2 aromatic rings. The average molecular weight is 453 g/mol. The van der Waals surface area contributed by atoms with Gasteiger partial charge in [-0.25, -0.2) is 0 Å². The van der Waals surface area contributed by atoms with E-state index in [1.54, 1.807) is 16.7 Å². The highest BCUT2D eigenvalue weighted by Gasteiger charge is 2.34. The third kappa shape index (κ3) is 4.53. The van der Waals surface area contributed by atoms with E-state index in [4.69, 9.17) is 4.74 Å². The van der Waals surface area contributed by atoms with E-state index in [2.05, 4.69) is 0 Å². The molecular weight excluding hydrogens is 424 g/mol. The molecule has 0 atom stereocenters. The number of para-hydroxylation sites is 2. The van der Waals surface area contributed by atoms with E-state index in [1.807, 2.05) is 74.2 Å². The van der Waals surface area contributed by atoms with Crippen LogP contribution in [0.3, 0.4) is 0 Å². The highest BCUT2D eigenvalue weighted by Crippen LogP contribution is 2.47. The molecule has 0 N–H and O–H groups in total. The maximum absolute atomic E-state index is 13.1. The quantitative estimate of drug-likeness (QED) is 0.635. The van der Waals surface area contributed by atoms with Crippen molar-refractivity contribution in [1.82, 2.24) is 4.90 Å². The van der Waals surface area contributed by atoms with Gasteiger partial charge in [-0.15, -0.1) is 0 Å². The number of carbonyl (C=O) groups excluding carboxylic acids is 3. The number of benzene rings is 2. The van der Waals surface area contributed by atoms with E-state index in [9.17, 15) is 14.4 Å². The molecule has 2 aliphatic rings. The standard InChI is InChI=1S/C25H28N2O4S/c1-25(2,3)24(30)26-14-12-17(13-15-26)23(29)31-16-22(28)27-18-8-4-6-10-20(18)32-21-11-7-5-9-19(21)27/h4-11,17H,12-16H2,1-3H3. The van der Waals surface area contributed by atoms with Crippen LogP contribution in [0.1, 0.15) is 33.6 Å². The molecule has 4 rings (SSSR count). The summed E-state index contributed by atoms with van der Waals surface area (Å²) >= 11 is 1.62. The first-order valence-corrected chi connectivity index (χ1v) is 11.7. The summed E-state index contributed by atoms with van der Waals surface area (Å²) < 4.78 is 5.45. The summed E-state index contributed by atoms with van der Waals surface area (Å²) in [6.45, 7) is 6.46. The fourth-order valence-electron chi connectivity index (χ4n) is 4.08. The molecule has 0 aliphatic carbocycles. The summed E-state index contributed by atoms with van der Waals surface area (Å²) in [6, 6.07) is 15.4. The zero-order valence-electron chi connectivity index (χ0n) is 18.7. The maximum atomic E-state index is 13.1. The molecule has 1 saturated heterocycles. The van der Waals surface area contributed by atoms with Crippen LogP contribution >= 0.6 is 11.8 Å². The molecule has 0 radical (unpaired) electrons. The molecule has 2 heterocycles. The minimum absolute atomic E-state index is 0.0970. The molecule has 6 nitrogen and oxygen atoms in total. The predicted octanol–water partition coefficient (Wildman–Crippen LogP) is 4.64. The Balaban J connectivity index is 1.39. The second-order valence-electron chi connectivity index (χ2n) is 9.19. The summed E-state index contributed by atoms with van der Waals surface area (Å²) in [6.07, 6.45) is 1.11. The van der Waals surface area contributed by atoms with Crippen LogP contribution in [0.5, 0.6) is 0 Å². The van der Waals surface area contributed by atoms with Crippen LogP contribution in [-0.4, -0.2) is 42.4 Å². The Morgan fingerprint density at radius 2 is 1.47 bits per heavy atom. The van der Waals surface area contributed by atoms with Crippen LogP contribution in [-0.2, 0) is 19.1 Å². The number of nitrogens with zero attached hydrogens (tertiary/aromatic N) is 2. The lowest BCUT2D eigenvalue weighted by molar-refractivity contribution is -0.155. The van der Waals surface area contributed by atoms with E-state index >= 15 is 0 Å². The van der Waals surface area contributed by atoms with E-state index in [0.29, 0.717) is 25.9 Å². The third-order valence-corrected chi connectivity index (χ3v) is 6.91. The van der Waals surface area contributed by atoms with Crippen molar-refractivity contribution >= 4 is 40.9 Å². The Bertz CT molecular complexity index is 993. The molecule has 0 saturated carbocycles. The first-order chi connectivity index (χ1) is 15.3. The number of anilines is 2. The number of piperidine rings is 1. The Morgan fingerprint density at radius 3 is 2.00 bits per heavy atom. The first-order valence-electron chi connectivity index (χ1n) is 10.9. The molecule has 0 unspecified atom stereocenters. The molecule has 2 aromatic carbocycles. The number of hydrogen-bond acceptors (Lipinski definition) is 5. The molecular formula is C25H28N2O4S. The van der Waals surface area contributed by atoms with Crippen molar-refractivity contribution in [1.29, 1.82) is 0 Å². The van der Waals surface area contributed by atoms with Gasteiger partial charge in [-0.1, -0.05) is 56.8 Å². The number of rotatable bonds is 3. The van der Waals surface area contributed by atoms with Gasteiger partial charge in [0.05, 0.1) is 17.3 Å². The summed E-state index contributed by atoms with van der Waals surface area (Å²) in [7, 11) is 0. The fraction of sp³-hybridized carbons (Fsp3) is 0.400. The number of esters is 1. The lowest BCUT2D eigenvalue weighted by Crippen LogP contribution is -2.45. The summed E-state index contributed by atoms with van der Waals surface area (Å²) in [5.41, 5.74) is 1.16. The van der Waals surface area contributed by atoms with E-state index in [0.717, 1.165) is 21.2 Å². The van der Waals surface area contributed by atoms with E-state index in [1.165, 1.54) is 0 Å². The molecule has 1 fully saturated rings. The summed E-state index contributed by atoms with van der Waals surface area (Å²) in [5.74, 6) is -0.837. The van der Waals surface area contributed by atoms with Gasteiger partial charge in [0.15, 0.2) is 6.61 Å². The second-order valence-corrected chi connectivity index (χ2v) is 10.3. The normalized spacial score (nSPS) is 16.2. The summed E-state index contributed by atoms with van der Waals surface area (Å²) in [5, 5.41) is 0. The maximum Gasteiger partial charge on any atom is 0.309 e. The van der Waals surface area contributed by atoms with Crippen LogP contribution < -0.4 is 4.90 Å². The minimum Gasteiger partial charge on any atom is -0.455 e. The Hall–Kier alpha value is -2.80. The molecule has 0 spiro atoms. The molecule has 2 amide bonds. The van der Waals surface area contributed by atoms with Crippen molar-refractivity contribution in [2.75, 3.05) is 24.6 Å². The molecule has 32 heavy (non-hydrogen) atoms. The molecule has 7 heteroatoms. The largest absolute Gasteiger partial charge is 0.455 e. The Morgan fingerprint density at radius 1 is 0.938 bits per heavy atom.